The van der Waals surface area contributed by atoms with E-state index in [-0.39, 0.29) is 18.6 Å². The molecule has 0 radical (unpaired) electrons. The van der Waals surface area contributed by atoms with E-state index in [0.29, 0.717) is 6.04 Å². The lowest BCUT2D eigenvalue weighted by atomic mass is 10.0. The predicted molar refractivity (Wildman–Crippen MR) is 93.3 cm³/mol. The lowest BCUT2D eigenvalue weighted by Gasteiger charge is -2.35. The van der Waals surface area contributed by atoms with Gasteiger partial charge in [-0.1, -0.05) is 25.1 Å². The van der Waals surface area contributed by atoms with Gasteiger partial charge in [0.2, 0.25) is 0 Å². The summed E-state index contributed by atoms with van der Waals surface area (Å²) >= 11 is 0. The predicted octanol–water partition coefficient (Wildman–Crippen LogP) is 2.00. The third kappa shape index (κ3) is 4.48. The molecule has 2 fully saturated rings. The Hall–Kier alpha value is -1.59. The minimum atomic E-state index is -0.0245. The van der Waals surface area contributed by atoms with Crippen LogP contribution in [0.5, 0.6) is 5.75 Å². The molecule has 2 aliphatic heterocycles. The molecule has 0 aliphatic carbocycles. The van der Waals surface area contributed by atoms with Crippen LogP contribution in [0.2, 0.25) is 0 Å². The van der Waals surface area contributed by atoms with Crippen molar-refractivity contribution >= 4 is 5.91 Å². The molecule has 1 amide bonds. The number of hydrogen-bond acceptors (Lipinski definition) is 4. The second kappa shape index (κ2) is 8.49. The van der Waals surface area contributed by atoms with Crippen LogP contribution in [-0.4, -0.2) is 55.8 Å². The monoisotopic (exact) mass is 332 g/mol. The molecule has 1 aromatic rings. The SMILES string of the molecule is CCc1ccccc1OCC(=O)NC1CCN(C2CCOC2)CC1. The summed E-state index contributed by atoms with van der Waals surface area (Å²) in [6.45, 7) is 6.01. The first kappa shape index (κ1) is 17.2. The number of rotatable bonds is 6. The maximum atomic E-state index is 12.2. The molecule has 24 heavy (non-hydrogen) atoms. The molecule has 0 bridgehead atoms. The van der Waals surface area contributed by atoms with Crippen molar-refractivity contribution in [1.29, 1.82) is 0 Å². The number of para-hydroxylation sites is 1. The Balaban J connectivity index is 1.39. The number of aryl methyl sites for hydroxylation is 1. The van der Waals surface area contributed by atoms with Gasteiger partial charge in [-0.15, -0.1) is 0 Å². The number of likely N-dealkylation sites (tertiary alicyclic amines) is 1. The highest BCUT2D eigenvalue weighted by atomic mass is 16.5. The summed E-state index contributed by atoms with van der Waals surface area (Å²) in [6.07, 6.45) is 4.06. The summed E-state index contributed by atoms with van der Waals surface area (Å²) in [7, 11) is 0. The van der Waals surface area contributed by atoms with Gasteiger partial charge in [-0.3, -0.25) is 9.69 Å². The number of hydrogen-bond donors (Lipinski definition) is 1. The first-order valence-electron chi connectivity index (χ1n) is 9.08. The van der Waals surface area contributed by atoms with Crippen molar-refractivity contribution < 1.29 is 14.3 Å². The van der Waals surface area contributed by atoms with Crippen molar-refractivity contribution in [2.24, 2.45) is 0 Å². The van der Waals surface area contributed by atoms with E-state index in [1.165, 1.54) is 0 Å². The Bertz CT molecular complexity index is 535. The third-order valence-electron chi connectivity index (χ3n) is 5.03. The molecule has 1 N–H and O–H groups in total. The molecule has 3 rings (SSSR count). The van der Waals surface area contributed by atoms with Crippen LogP contribution >= 0.6 is 0 Å². The van der Waals surface area contributed by atoms with Crippen LogP contribution in [0, 0.1) is 0 Å². The van der Waals surface area contributed by atoms with Gasteiger partial charge in [0, 0.05) is 31.8 Å². The van der Waals surface area contributed by atoms with Crippen LogP contribution in [0.4, 0.5) is 0 Å². The van der Waals surface area contributed by atoms with Crippen LogP contribution < -0.4 is 10.1 Å². The maximum absolute atomic E-state index is 12.2. The highest BCUT2D eigenvalue weighted by Gasteiger charge is 2.28. The molecule has 2 saturated heterocycles. The number of nitrogens with zero attached hydrogens (tertiary/aromatic N) is 1. The topological polar surface area (TPSA) is 50.8 Å². The Morgan fingerprint density at radius 3 is 2.79 bits per heavy atom. The third-order valence-corrected chi connectivity index (χ3v) is 5.03. The van der Waals surface area contributed by atoms with Crippen LogP contribution in [-0.2, 0) is 16.0 Å². The van der Waals surface area contributed by atoms with E-state index in [1.807, 2.05) is 24.3 Å². The first-order chi connectivity index (χ1) is 11.8. The van der Waals surface area contributed by atoms with Crippen molar-refractivity contribution in [3.63, 3.8) is 0 Å². The number of nitrogens with one attached hydrogen (secondary N) is 1. The van der Waals surface area contributed by atoms with E-state index in [1.54, 1.807) is 0 Å². The van der Waals surface area contributed by atoms with Gasteiger partial charge in [-0.2, -0.15) is 0 Å². The average Bonchev–Trinajstić information content (AvgIpc) is 3.15. The lowest BCUT2D eigenvalue weighted by Crippen LogP contribution is -2.49. The molecular formula is C19H28N2O3. The van der Waals surface area contributed by atoms with Gasteiger partial charge in [-0.05, 0) is 37.3 Å². The van der Waals surface area contributed by atoms with Gasteiger partial charge < -0.3 is 14.8 Å². The van der Waals surface area contributed by atoms with Gasteiger partial charge in [-0.25, -0.2) is 0 Å². The average molecular weight is 332 g/mol. The Morgan fingerprint density at radius 2 is 2.08 bits per heavy atom. The molecule has 0 saturated carbocycles. The number of piperidine rings is 1. The normalized spacial score (nSPS) is 22.5. The zero-order valence-corrected chi connectivity index (χ0v) is 14.5. The molecule has 0 aromatic heterocycles. The van der Waals surface area contributed by atoms with E-state index in [0.717, 1.165) is 63.3 Å². The van der Waals surface area contributed by atoms with Gasteiger partial charge in [0.1, 0.15) is 5.75 Å². The minimum Gasteiger partial charge on any atom is -0.483 e. The fraction of sp³-hybridized carbons (Fsp3) is 0.632. The highest BCUT2D eigenvalue weighted by molar-refractivity contribution is 5.77. The van der Waals surface area contributed by atoms with Gasteiger partial charge in [0.05, 0.1) is 6.61 Å². The molecule has 132 valence electrons. The molecule has 1 unspecified atom stereocenters. The number of carbonyl (C=O) groups is 1. The van der Waals surface area contributed by atoms with Crippen LogP contribution in [0.3, 0.4) is 0 Å². The summed E-state index contributed by atoms with van der Waals surface area (Å²) in [5.41, 5.74) is 1.14. The van der Waals surface area contributed by atoms with E-state index >= 15 is 0 Å². The van der Waals surface area contributed by atoms with Crippen molar-refractivity contribution in [2.45, 2.75) is 44.7 Å². The highest BCUT2D eigenvalue weighted by Crippen LogP contribution is 2.19. The van der Waals surface area contributed by atoms with Gasteiger partial charge in [0.15, 0.2) is 6.61 Å². The molecule has 0 spiro atoms. The molecule has 5 heteroatoms. The van der Waals surface area contributed by atoms with E-state index in [2.05, 4.69) is 17.1 Å². The van der Waals surface area contributed by atoms with Crippen LogP contribution in [0.25, 0.3) is 0 Å². The first-order valence-corrected chi connectivity index (χ1v) is 9.08. The van der Waals surface area contributed by atoms with E-state index in [4.69, 9.17) is 9.47 Å². The van der Waals surface area contributed by atoms with Gasteiger partial charge >= 0.3 is 0 Å². The lowest BCUT2D eigenvalue weighted by molar-refractivity contribution is -0.124. The minimum absolute atomic E-state index is 0.0245. The summed E-state index contributed by atoms with van der Waals surface area (Å²) in [5.74, 6) is 0.787. The fourth-order valence-corrected chi connectivity index (χ4v) is 3.57. The largest absolute Gasteiger partial charge is 0.483 e. The Morgan fingerprint density at radius 1 is 1.29 bits per heavy atom. The summed E-state index contributed by atoms with van der Waals surface area (Å²) in [5, 5.41) is 3.12. The second-order valence-electron chi connectivity index (χ2n) is 6.65. The molecule has 1 aromatic carbocycles. The maximum Gasteiger partial charge on any atom is 0.258 e. The smallest absolute Gasteiger partial charge is 0.258 e. The number of benzene rings is 1. The Kier molecular flexibility index (Phi) is 6.10. The van der Waals surface area contributed by atoms with E-state index < -0.39 is 0 Å². The quantitative estimate of drug-likeness (QED) is 0.866. The van der Waals surface area contributed by atoms with Crippen LogP contribution in [0.15, 0.2) is 24.3 Å². The summed E-state index contributed by atoms with van der Waals surface area (Å²) in [6, 6.07) is 8.74. The fourth-order valence-electron chi connectivity index (χ4n) is 3.57. The van der Waals surface area contributed by atoms with Gasteiger partial charge in [0.25, 0.3) is 5.91 Å². The van der Waals surface area contributed by atoms with E-state index in [9.17, 15) is 4.79 Å². The molecule has 2 heterocycles. The number of ether oxygens (including phenoxy) is 2. The van der Waals surface area contributed by atoms with Crippen molar-refractivity contribution in [2.75, 3.05) is 32.9 Å². The molecule has 1 atom stereocenters. The van der Waals surface area contributed by atoms with Crippen LogP contribution in [0.1, 0.15) is 31.7 Å². The number of amides is 1. The number of carbonyl (C=O) groups excluding carboxylic acids is 1. The summed E-state index contributed by atoms with van der Waals surface area (Å²) in [4.78, 5) is 14.7. The zero-order valence-electron chi connectivity index (χ0n) is 14.5. The standard InChI is InChI=1S/C19H28N2O3/c1-2-15-5-3-4-6-18(15)24-14-19(22)20-16-7-10-21(11-8-16)17-9-12-23-13-17/h3-6,16-17H,2,7-14H2,1H3,(H,20,22). The summed E-state index contributed by atoms with van der Waals surface area (Å²) < 4.78 is 11.2. The second-order valence-corrected chi connectivity index (χ2v) is 6.65. The zero-order chi connectivity index (χ0) is 16.8. The molecule has 5 nitrogen and oxygen atoms in total. The van der Waals surface area contributed by atoms with Crippen molar-refractivity contribution in [1.82, 2.24) is 10.2 Å². The molecular weight excluding hydrogens is 304 g/mol. The van der Waals surface area contributed by atoms with Crippen molar-refractivity contribution in [3.8, 4) is 5.75 Å². The molecule has 2 aliphatic rings. The Labute approximate surface area is 144 Å². The van der Waals surface area contributed by atoms with Crippen molar-refractivity contribution in [3.05, 3.63) is 29.8 Å².